The Balaban J connectivity index is 1.30. The van der Waals surface area contributed by atoms with Crippen LogP contribution in [0, 0.1) is 0 Å². The molecule has 0 saturated heterocycles. The number of hydrogen-bond donors (Lipinski definition) is 0. The molecule has 5 aromatic heterocycles. The smallest absolute Gasteiger partial charge is 0.182 e. The summed E-state index contributed by atoms with van der Waals surface area (Å²) in [5.74, 6) is 1.46. The predicted octanol–water partition coefficient (Wildman–Crippen LogP) is 12.0. The summed E-state index contributed by atoms with van der Waals surface area (Å²) in [7, 11) is 0. The van der Waals surface area contributed by atoms with Crippen LogP contribution in [0.15, 0.2) is 187 Å². The summed E-state index contributed by atoms with van der Waals surface area (Å²) in [6.07, 6.45) is 3.50. The summed E-state index contributed by atoms with van der Waals surface area (Å²) in [6, 6.07) is 58.3. The number of benzene rings is 6. The third kappa shape index (κ3) is 5.17. The minimum atomic E-state index is 0.472. The molecule has 5 heterocycles. The molecule has 6 aromatic carbocycles. The van der Waals surface area contributed by atoms with Gasteiger partial charge in [0.25, 0.3) is 0 Å². The van der Waals surface area contributed by atoms with Crippen LogP contribution in [-0.2, 0) is 0 Å². The van der Waals surface area contributed by atoms with E-state index in [-0.39, 0.29) is 0 Å². The Morgan fingerprint density at radius 1 is 0.411 bits per heavy atom. The third-order valence-corrected chi connectivity index (χ3v) is 10.4. The molecule has 0 atom stereocenters. The van der Waals surface area contributed by atoms with Crippen LogP contribution in [0.2, 0.25) is 0 Å². The second-order valence-corrected chi connectivity index (χ2v) is 13.7. The van der Waals surface area contributed by atoms with E-state index in [1.807, 2.05) is 48.5 Å². The van der Waals surface area contributed by atoms with Crippen LogP contribution in [0.4, 0.5) is 0 Å². The van der Waals surface area contributed by atoms with E-state index in [0.29, 0.717) is 28.9 Å². The Bertz CT molecular complexity index is 3110. The van der Waals surface area contributed by atoms with Crippen LogP contribution >= 0.6 is 0 Å². The minimum Gasteiger partial charge on any atom is -0.456 e. The first-order valence-electron chi connectivity index (χ1n) is 18.5. The lowest BCUT2D eigenvalue weighted by Crippen LogP contribution is -2.04. The summed E-state index contributed by atoms with van der Waals surface area (Å²) in [4.78, 5) is 24.3. The molecule has 0 radical (unpaired) electrons. The summed E-state index contributed by atoms with van der Waals surface area (Å²) < 4.78 is 8.94. The zero-order valence-corrected chi connectivity index (χ0v) is 29.9. The Hall–Kier alpha value is -7.77. The van der Waals surface area contributed by atoms with Crippen molar-refractivity contribution in [2.75, 3.05) is 0 Å². The molecule has 0 fully saturated rings. The molecule has 262 valence electrons. The molecule has 11 aromatic rings. The molecule has 0 spiro atoms. The molecule has 0 bridgehead atoms. The second kappa shape index (κ2) is 13.0. The largest absolute Gasteiger partial charge is 0.456 e. The van der Waals surface area contributed by atoms with Crippen molar-refractivity contribution in [3.05, 3.63) is 182 Å². The molecule has 0 aliphatic heterocycles. The lowest BCUT2D eigenvalue weighted by atomic mass is 9.92. The number of para-hydroxylation sites is 2. The van der Waals surface area contributed by atoms with Crippen molar-refractivity contribution in [2.45, 2.75) is 0 Å². The highest BCUT2D eigenvalue weighted by molar-refractivity contribution is 6.25. The zero-order valence-electron chi connectivity index (χ0n) is 29.9. The second-order valence-electron chi connectivity index (χ2n) is 13.7. The summed E-state index contributed by atoms with van der Waals surface area (Å²) in [5.41, 5.74) is 11.2. The molecule has 0 aliphatic carbocycles. The molecule has 0 N–H and O–H groups in total. The maximum Gasteiger partial charge on any atom is 0.182 e. The number of nitrogens with zero attached hydrogens (tertiary/aromatic N) is 6. The van der Waals surface area contributed by atoms with E-state index < -0.39 is 0 Å². The normalized spacial score (nSPS) is 11.6. The lowest BCUT2D eigenvalue weighted by Gasteiger charge is -2.21. The topological polar surface area (TPSA) is 82.5 Å². The maximum absolute atomic E-state index is 6.50. The monoisotopic (exact) mass is 718 g/mol. The van der Waals surface area contributed by atoms with E-state index in [4.69, 9.17) is 19.4 Å². The number of rotatable bonds is 6. The first-order chi connectivity index (χ1) is 27.8. The Labute approximate surface area is 321 Å². The Morgan fingerprint density at radius 2 is 0.964 bits per heavy atom. The van der Waals surface area contributed by atoms with E-state index >= 15 is 0 Å². The molecule has 0 amide bonds. The highest BCUT2D eigenvalue weighted by Crippen LogP contribution is 2.46. The molecular formula is C49H30N6O. The van der Waals surface area contributed by atoms with Crippen LogP contribution < -0.4 is 0 Å². The highest BCUT2D eigenvalue weighted by Gasteiger charge is 2.25. The fraction of sp³-hybridized carbons (Fsp3) is 0. The Kier molecular flexibility index (Phi) is 7.35. The van der Waals surface area contributed by atoms with Gasteiger partial charge in [-0.05, 0) is 71.8 Å². The van der Waals surface area contributed by atoms with Crippen molar-refractivity contribution < 1.29 is 4.42 Å². The number of pyridine rings is 2. The first-order valence-corrected chi connectivity index (χ1v) is 18.5. The van der Waals surface area contributed by atoms with Crippen LogP contribution in [-0.4, -0.2) is 29.5 Å². The van der Waals surface area contributed by atoms with Crippen LogP contribution in [0.3, 0.4) is 0 Å². The molecule has 56 heavy (non-hydrogen) atoms. The average molecular weight is 719 g/mol. The molecule has 7 nitrogen and oxygen atoms in total. The van der Waals surface area contributed by atoms with E-state index in [1.165, 1.54) is 0 Å². The van der Waals surface area contributed by atoms with Crippen LogP contribution in [0.5, 0.6) is 0 Å². The van der Waals surface area contributed by atoms with Gasteiger partial charge in [0.05, 0.1) is 22.1 Å². The molecule has 0 unspecified atom stereocenters. The van der Waals surface area contributed by atoms with Crippen molar-refractivity contribution in [3.8, 4) is 62.4 Å². The van der Waals surface area contributed by atoms with Gasteiger partial charge in [-0.25, -0.2) is 15.0 Å². The average Bonchev–Trinajstić information content (AvgIpc) is 3.83. The van der Waals surface area contributed by atoms with Crippen molar-refractivity contribution >= 4 is 43.7 Å². The molecule has 11 rings (SSSR count). The van der Waals surface area contributed by atoms with E-state index in [1.54, 1.807) is 12.4 Å². The summed E-state index contributed by atoms with van der Waals surface area (Å²) in [6.45, 7) is 0. The highest BCUT2D eigenvalue weighted by atomic mass is 16.3. The van der Waals surface area contributed by atoms with Gasteiger partial charge in [0.2, 0.25) is 0 Å². The number of fused-ring (bicyclic) bond motifs is 7. The lowest BCUT2D eigenvalue weighted by molar-refractivity contribution is 0.669. The molecular weight excluding hydrogens is 689 g/mol. The number of hydrogen-bond acceptors (Lipinski definition) is 6. The Morgan fingerprint density at radius 3 is 1.59 bits per heavy atom. The van der Waals surface area contributed by atoms with Crippen LogP contribution in [0.1, 0.15) is 0 Å². The van der Waals surface area contributed by atoms with Gasteiger partial charge in [0, 0.05) is 45.2 Å². The molecule has 0 aliphatic rings. The number of furan rings is 1. The SMILES string of the molecule is c1ccc(-c2cc(-c3nc(-c4ccccn4)nc(-c4ccccn4)n3)cc(-c3ccccc3)c2-n2c3ccccc3c3ccc4oc5ccccc5c4c32)cc1. The minimum absolute atomic E-state index is 0.472. The van der Waals surface area contributed by atoms with E-state index in [0.717, 1.165) is 77.2 Å². The third-order valence-electron chi connectivity index (χ3n) is 10.4. The van der Waals surface area contributed by atoms with Gasteiger partial charge < -0.3 is 8.98 Å². The fourth-order valence-electron chi connectivity index (χ4n) is 7.90. The van der Waals surface area contributed by atoms with Crippen molar-refractivity contribution in [3.63, 3.8) is 0 Å². The van der Waals surface area contributed by atoms with Gasteiger partial charge in [-0.3, -0.25) is 9.97 Å². The quantitative estimate of drug-likeness (QED) is 0.170. The zero-order chi connectivity index (χ0) is 37.0. The predicted molar refractivity (Wildman–Crippen MR) is 224 cm³/mol. The van der Waals surface area contributed by atoms with Gasteiger partial charge in [-0.1, -0.05) is 109 Å². The van der Waals surface area contributed by atoms with Gasteiger partial charge >= 0.3 is 0 Å². The van der Waals surface area contributed by atoms with Crippen molar-refractivity contribution in [2.24, 2.45) is 0 Å². The summed E-state index contributed by atoms with van der Waals surface area (Å²) >= 11 is 0. The number of aromatic nitrogens is 6. The van der Waals surface area contributed by atoms with Gasteiger partial charge in [-0.15, -0.1) is 0 Å². The van der Waals surface area contributed by atoms with E-state index in [9.17, 15) is 0 Å². The van der Waals surface area contributed by atoms with Crippen molar-refractivity contribution in [1.29, 1.82) is 0 Å². The van der Waals surface area contributed by atoms with Crippen LogP contribution in [0.25, 0.3) is 106 Å². The van der Waals surface area contributed by atoms with Gasteiger partial charge in [0.15, 0.2) is 17.5 Å². The standard InChI is InChI=1S/C49H30N6O/c1-3-15-31(16-4-1)37-29-33(47-52-48(39-21-11-13-27-50-39)54-49(53-47)40-22-12-14-28-51-40)30-38(32-17-5-2-6-18-32)45(37)55-41-23-9-7-19-34(41)35-25-26-43-44(46(35)55)36-20-8-10-24-42(36)56-43/h1-30H. The fourth-order valence-corrected chi connectivity index (χ4v) is 7.90. The molecule has 7 heteroatoms. The first kappa shape index (κ1) is 31.7. The maximum atomic E-state index is 6.50. The summed E-state index contributed by atoms with van der Waals surface area (Å²) in [5, 5.41) is 4.47. The van der Waals surface area contributed by atoms with Gasteiger partial charge in [-0.2, -0.15) is 0 Å². The van der Waals surface area contributed by atoms with Crippen molar-refractivity contribution in [1.82, 2.24) is 29.5 Å². The van der Waals surface area contributed by atoms with E-state index in [2.05, 4.69) is 136 Å². The molecule has 0 saturated carbocycles. The van der Waals surface area contributed by atoms with Gasteiger partial charge in [0.1, 0.15) is 22.6 Å².